The molecular formula is C39H43F7N4O2. The summed E-state index contributed by atoms with van der Waals surface area (Å²) in [5.74, 6) is 1.76. The number of aromatic nitrogens is 2. The third-order valence-corrected chi connectivity index (χ3v) is 7.79. The fourth-order valence-corrected chi connectivity index (χ4v) is 4.97. The summed E-state index contributed by atoms with van der Waals surface area (Å²) in [5, 5.41) is 10.7. The fraction of sp³-hybridized carbons (Fsp3) is 0.359. The zero-order valence-electron chi connectivity index (χ0n) is 29.4. The molecule has 280 valence electrons. The average molecular weight is 733 g/mol. The molecule has 1 unspecified atom stereocenters. The van der Waals surface area contributed by atoms with Gasteiger partial charge in [0.1, 0.15) is 23.0 Å². The van der Waals surface area contributed by atoms with E-state index in [0.717, 1.165) is 51.2 Å². The monoisotopic (exact) mass is 732 g/mol. The van der Waals surface area contributed by atoms with E-state index in [2.05, 4.69) is 48.3 Å². The number of aryl methyl sites for hydroxylation is 1. The number of ether oxygens (including phenoxy) is 1. The fourth-order valence-electron chi connectivity index (χ4n) is 4.97. The van der Waals surface area contributed by atoms with Crippen LogP contribution < -0.4 is 15.8 Å². The van der Waals surface area contributed by atoms with Crippen molar-refractivity contribution >= 4 is 5.70 Å². The van der Waals surface area contributed by atoms with Crippen molar-refractivity contribution < 1.29 is 40.6 Å². The molecule has 0 radical (unpaired) electrons. The molecule has 6 rings (SSSR count). The largest absolute Gasteiger partial charge is 0.490 e. The Morgan fingerprint density at radius 1 is 1.00 bits per heavy atom. The molecule has 1 saturated carbocycles. The Labute approximate surface area is 299 Å². The van der Waals surface area contributed by atoms with E-state index in [1.54, 1.807) is 12.1 Å². The smallest absolute Gasteiger partial charge is 0.433 e. The highest BCUT2D eigenvalue weighted by molar-refractivity contribution is 5.72. The Hall–Kier alpha value is -4.71. The molecule has 2 aliphatic rings. The molecule has 1 aliphatic carbocycles. The number of pyridine rings is 2. The molecule has 2 aromatic heterocycles. The first-order valence-corrected chi connectivity index (χ1v) is 16.5. The second-order valence-corrected chi connectivity index (χ2v) is 12.4. The number of aliphatic hydroxyl groups is 1. The van der Waals surface area contributed by atoms with E-state index in [0.29, 0.717) is 36.5 Å². The molecule has 0 spiro atoms. The van der Waals surface area contributed by atoms with Crippen LogP contribution in [0.25, 0.3) is 28.1 Å². The zero-order chi connectivity index (χ0) is 38.6. The first kappa shape index (κ1) is 41.7. The van der Waals surface area contributed by atoms with Gasteiger partial charge in [-0.15, -0.1) is 5.73 Å². The van der Waals surface area contributed by atoms with Gasteiger partial charge < -0.3 is 20.9 Å². The Morgan fingerprint density at radius 3 is 2.10 bits per heavy atom. The maximum Gasteiger partial charge on any atom is 0.433 e. The van der Waals surface area contributed by atoms with Crippen LogP contribution in [0.3, 0.4) is 0 Å². The molecule has 3 heterocycles. The third-order valence-electron chi connectivity index (χ3n) is 7.79. The number of nitrogens with two attached hydrogens (primary N) is 1. The molecule has 0 bridgehead atoms. The van der Waals surface area contributed by atoms with Crippen LogP contribution in [0.4, 0.5) is 30.7 Å². The van der Waals surface area contributed by atoms with E-state index in [9.17, 15) is 30.7 Å². The van der Waals surface area contributed by atoms with E-state index >= 15 is 0 Å². The predicted molar refractivity (Wildman–Crippen MR) is 189 cm³/mol. The van der Waals surface area contributed by atoms with Gasteiger partial charge in [0, 0.05) is 60.0 Å². The number of hydrogen-bond donors (Lipinski definition) is 3. The SMILES string of the molecule is C=C=C(NCCc1cc2c(c(-c3ccc(F)cc3)n1)OCC2C)c1ccc(-c2ccc(C(F)(F)F)nc2)c(C)c1.CC(F)(F)F.CC1CC1.NCO. The molecule has 0 amide bonds. The van der Waals surface area contributed by atoms with Gasteiger partial charge in [-0.25, -0.2) is 9.37 Å². The lowest BCUT2D eigenvalue weighted by atomic mass is 9.98. The van der Waals surface area contributed by atoms with Crippen molar-refractivity contribution in [2.24, 2.45) is 11.7 Å². The second kappa shape index (κ2) is 18.7. The topological polar surface area (TPSA) is 93.3 Å². The van der Waals surface area contributed by atoms with Crippen molar-refractivity contribution in [3.05, 3.63) is 113 Å². The van der Waals surface area contributed by atoms with Crippen LogP contribution in [0.5, 0.6) is 5.75 Å². The Morgan fingerprint density at radius 2 is 1.60 bits per heavy atom. The van der Waals surface area contributed by atoms with E-state index in [1.165, 1.54) is 37.2 Å². The summed E-state index contributed by atoms with van der Waals surface area (Å²) in [4.78, 5) is 8.42. The molecule has 0 saturated heterocycles. The summed E-state index contributed by atoms with van der Waals surface area (Å²) >= 11 is 0. The van der Waals surface area contributed by atoms with Gasteiger partial charge in [-0.3, -0.25) is 4.98 Å². The number of nitrogens with one attached hydrogen (secondary N) is 1. The van der Waals surface area contributed by atoms with Crippen LogP contribution in [0.2, 0.25) is 0 Å². The second-order valence-electron chi connectivity index (χ2n) is 12.4. The molecule has 4 aromatic rings. The van der Waals surface area contributed by atoms with Crippen LogP contribution in [-0.2, 0) is 12.6 Å². The van der Waals surface area contributed by atoms with E-state index in [4.69, 9.17) is 14.8 Å². The maximum absolute atomic E-state index is 13.5. The van der Waals surface area contributed by atoms with Crippen LogP contribution in [0, 0.1) is 18.7 Å². The minimum Gasteiger partial charge on any atom is -0.490 e. The minimum absolute atomic E-state index is 0.188. The highest BCUT2D eigenvalue weighted by Crippen LogP contribution is 2.41. The number of alkyl halides is 6. The minimum atomic E-state index is -4.48. The van der Waals surface area contributed by atoms with Gasteiger partial charge >= 0.3 is 12.4 Å². The summed E-state index contributed by atoms with van der Waals surface area (Å²) in [5.41, 5.74) is 13.7. The summed E-state index contributed by atoms with van der Waals surface area (Å²) < 4.78 is 89.1. The van der Waals surface area contributed by atoms with Gasteiger partial charge in [-0.2, -0.15) is 26.3 Å². The molecule has 2 aromatic carbocycles. The number of hydrogen-bond acceptors (Lipinski definition) is 6. The Balaban J connectivity index is 0.000000523. The highest BCUT2D eigenvalue weighted by atomic mass is 19.4. The predicted octanol–water partition coefficient (Wildman–Crippen LogP) is 9.61. The first-order chi connectivity index (χ1) is 24.4. The van der Waals surface area contributed by atoms with Gasteiger partial charge in [0.05, 0.1) is 19.0 Å². The number of benzene rings is 2. The standard InChI is InChI=1S/C32H27F4N3O.C4H8.C2H3F3.CH5NO/c1-4-28(22-7-11-26(19(2)15-22)23-8-12-29(38-17-23)32(34,35)36)37-14-13-25-16-27-20(3)18-40-31(27)30(39-25)21-5-9-24(33)10-6-21;1-4-2-3-4;1-2(3,4)5;2-1-3/h5-12,15-17,20,37H,1,13-14,18H2,2-3H3;4H,2-3H2,1H3;1H3;3H,1-2H2. The molecule has 1 atom stereocenters. The molecule has 1 fully saturated rings. The van der Waals surface area contributed by atoms with Crippen molar-refractivity contribution in [3.63, 3.8) is 0 Å². The molecule has 52 heavy (non-hydrogen) atoms. The number of halogens is 7. The van der Waals surface area contributed by atoms with Crippen molar-refractivity contribution in [1.29, 1.82) is 0 Å². The van der Waals surface area contributed by atoms with Gasteiger partial charge in [-0.05, 0) is 66.4 Å². The lowest BCUT2D eigenvalue weighted by Crippen LogP contribution is -2.16. The van der Waals surface area contributed by atoms with Crippen LogP contribution in [-0.4, -0.2) is 41.1 Å². The van der Waals surface area contributed by atoms with E-state index < -0.39 is 18.0 Å². The highest BCUT2D eigenvalue weighted by Gasteiger charge is 2.32. The summed E-state index contributed by atoms with van der Waals surface area (Å²) in [7, 11) is 0. The summed E-state index contributed by atoms with van der Waals surface area (Å²) in [6.07, 6.45) is -3.65. The quantitative estimate of drug-likeness (QED) is 0.0996. The normalized spacial score (nSPS) is 14.5. The first-order valence-electron chi connectivity index (χ1n) is 16.5. The van der Waals surface area contributed by atoms with Gasteiger partial charge in [-0.1, -0.05) is 51.5 Å². The molecular weight excluding hydrogens is 689 g/mol. The zero-order valence-corrected chi connectivity index (χ0v) is 29.4. The van der Waals surface area contributed by atoms with Crippen molar-refractivity contribution in [1.82, 2.24) is 15.3 Å². The van der Waals surface area contributed by atoms with Gasteiger partial charge in [0.2, 0.25) is 0 Å². The lowest BCUT2D eigenvalue weighted by molar-refractivity contribution is -0.141. The molecule has 6 nitrogen and oxygen atoms in total. The van der Waals surface area contributed by atoms with E-state index in [-0.39, 0.29) is 25.4 Å². The Bertz CT molecular complexity index is 1790. The average Bonchev–Trinajstić information content (AvgIpc) is 3.78. The van der Waals surface area contributed by atoms with Crippen LogP contribution in [0.15, 0.2) is 79.2 Å². The molecule has 13 heteroatoms. The van der Waals surface area contributed by atoms with Gasteiger partial charge in [0.15, 0.2) is 0 Å². The van der Waals surface area contributed by atoms with Crippen LogP contribution >= 0.6 is 0 Å². The van der Waals surface area contributed by atoms with Crippen molar-refractivity contribution in [2.75, 3.05) is 19.9 Å². The number of fused-ring (bicyclic) bond motifs is 1. The maximum atomic E-state index is 13.5. The third kappa shape index (κ3) is 13.1. The number of nitrogens with zero attached hydrogens (tertiary/aromatic N) is 2. The van der Waals surface area contributed by atoms with Crippen molar-refractivity contribution in [3.8, 4) is 28.1 Å². The Kier molecular flexibility index (Phi) is 15.0. The van der Waals surface area contributed by atoms with Crippen molar-refractivity contribution in [2.45, 2.75) is 65.2 Å². The summed E-state index contributed by atoms with van der Waals surface area (Å²) in [6.45, 7) is 11.2. The van der Waals surface area contributed by atoms with E-state index in [1.807, 2.05) is 25.1 Å². The molecule has 1 aliphatic heterocycles. The van der Waals surface area contributed by atoms with Crippen LogP contribution in [0.1, 0.15) is 67.6 Å². The number of rotatable bonds is 7. The number of aliphatic hydroxyl groups excluding tert-OH is 1. The summed E-state index contributed by atoms with van der Waals surface area (Å²) in [6, 6.07) is 16.4. The van der Waals surface area contributed by atoms with Gasteiger partial charge in [0.25, 0.3) is 0 Å². The lowest BCUT2D eigenvalue weighted by Gasteiger charge is -2.14. The molecule has 4 N–H and O–H groups in total.